The van der Waals surface area contributed by atoms with Gasteiger partial charge in [0.15, 0.2) is 0 Å². The normalized spacial score (nSPS) is 30.4. The zero-order valence-corrected chi connectivity index (χ0v) is 13.5. The third kappa shape index (κ3) is 2.90. The predicted octanol–water partition coefficient (Wildman–Crippen LogP) is 4.50. The van der Waals surface area contributed by atoms with E-state index in [0.717, 1.165) is 24.4 Å². The molecular formula is C17H24BrN. The van der Waals surface area contributed by atoms with E-state index in [1.807, 2.05) is 0 Å². The molecule has 104 valence electrons. The highest BCUT2D eigenvalue weighted by Gasteiger charge is 2.46. The second-order valence-corrected chi connectivity index (χ2v) is 7.77. The highest BCUT2D eigenvalue weighted by Crippen LogP contribution is 2.51. The molecule has 2 fully saturated rings. The lowest BCUT2D eigenvalue weighted by atomic mass is 9.56. The van der Waals surface area contributed by atoms with Crippen LogP contribution in [0.1, 0.15) is 45.1 Å². The van der Waals surface area contributed by atoms with Gasteiger partial charge in [0.1, 0.15) is 0 Å². The highest BCUT2D eigenvalue weighted by molar-refractivity contribution is 9.10. The summed E-state index contributed by atoms with van der Waals surface area (Å²) in [4.78, 5) is 0. The minimum Gasteiger partial charge on any atom is -0.313 e. The fraction of sp³-hybridized carbons (Fsp3) is 0.647. The number of hydrogen-bond acceptors (Lipinski definition) is 1. The van der Waals surface area contributed by atoms with Gasteiger partial charge in [0.2, 0.25) is 0 Å². The topological polar surface area (TPSA) is 12.0 Å². The molecule has 0 aliphatic heterocycles. The zero-order valence-electron chi connectivity index (χ0n) is 12.0. The van der Waals surface area contributed by atoms with Crippen LogP contribution in [0, 0.1) is 11.8 Å². The largest absolute Gasteiger partial charge is 0.313 e. The van der Waals surface area contributed by atoms with Gasteiger partial charge in [0.25, 0.3) is 0 Å². The van der Waals surface area contributed by atoms with Crippen molar-refractivity contribution in [3.63, 3.8) is 0 Å². The lowest BCUT2D eigenvalue weighted by Gasteiger charge is -2.50. The molecule has 2 heteroatoms. The molecule has 0 aromatic heterocycles. The Morgan fingerprint density at radius 1 is 1.32 bits per heavy atom. The minimum atomic E-state index is 0.390. The monoisotopic (exact) mass is 321 g/mol. The Kier molecular flexibility index (Phi) is 3.74. The average molecular weight is 322 g/mol. The molecule has 0 unspecified atom stereocenters. The van der Waals surface area contributed by atoms with Crippen molar-refractivity contribution >= 4 is 15.9 Å². The smallest absolute Gasteiger partial charge is 0.0178 e. The van der Waals surface area contributed by atoms with Crippen LogP contribution in [0.15, 0.2) is 28.7 Å². The predicted molar refractivity (Wildman–Crippen MR) is 84.4 cm³/mol. The van der Waals surface area contributed by atoms with Gasteiger partial charge in [-0.05, 0) is 55.2 Å². The SMILES string of the molecule is CC(C)C1CC(CNC2CC2)(c2cccc(Br)c2)C1. The molecule has 2 aliphatic rings. The summed E-state index contributed by atoms with van der Waals surface area (Å²) in [5.74, 6) is 1.72. The third-order valence-corrected chi connectivity index (χ3v) is 5.49. The average Bonchev–Trinajstić information content (AvgIpc) is 3.11. The maximum atomic E-state index is 3.76. The minimum absolute atomic E-state index is 0.390. The van der Waals surface area contributed by atoms with Crippen molar-refractivity contribution in [1.82, 2.24) is 5.32 Å². The molecule has 19 heavy (non-hydrogen) atoms. The first-order chi connectivity index (χ1) is 9.09. The molecule has 1 nitrogen and oxygen atoms in total. The molecule has 3 rings (SSSR count). The lowest BCUT2D eigenvalue weighted by molar-refractivity contribution is 0.0973. The van der Waals surface area contributed by atoms with E-state index in [2.05, 4.69) is 59.4 Å². The molecule has 1 N–H and O–H groups in total. The van der Waals surface area contributed by atoms with Crippen LogP contribution in [0.25, 0.3) is 0 Å². The molecule has 2 aliphatic carbocycles. The van der Waals surface area contributed by atoms with Crippen LogP contribution < -0.4 is 5.32 Å². The van der Waals surface area contributed by atoms with E-state index in [9.17, 15) is 0 Å². The summed E-state index contributed by atoms with van der Waals surface area (Å²) < 4.78 is 1.21. The first-order valence-electron chi connectivity index (χ1n) is 7.58. The van der Waals surface area contributed by atoms with Crippen molar-refractivity contribution in [2.24, 2.45) is 11.8 Å². The Balaban J connectivity index is 1.76. The molecular weight excluding hydrogens is 298 g/mol. The molecule has 0 spiro atoms. The number of benzene rings is 1. The van der Waals surface area contributed by atoms with Gasteiger partial charge in [-0.15, -0.1) is 0 Å². The van der Waals surface area contributed by atoms with Crippen molar-refractivity contribution in [2.45, 2.75) is 51.0 Å². The van der Waals surface area contributed by atoms with E-state index < -0.39 is 0 Å². The number of halogens is 1. The Labute approximate surface area is 125 Å². The van der Waals surface area contributed by atoms with Gasteiger partial charge >= 0.3 is 0 Å². The standard InChI is InChI=1S/C17H24BrN/c1-12(2)13-9-17(10-13,11-19-16-6-7-16)14-4-3-5-15(18)8-14/h3-5,8,12-13,16,19H,6-7,9-11H2,1-2H3. The molecule has 0 saturated heterocycles. The maximum Gasteiger partial charge on any atom is 0.0178 e. The van der Waals surface area contributed by atoms with E-state index >= 15 is 0 Å². The number of hydrogen-bond donors (Lipinski definition) is 1. The van der Waals surface area contributed by atoms with Crippen LogP contribution in [-0.4, -0.2) is 12.6 Å². The van der Waals surface area contributed by atoms with E-state index in [1.54, 1.807) is 0 Å². The summed E-state index contributed by atoms with van der Waals surface area (Å²) in [7, 11) is 0. The summed E-state index contributed by atoms with van der Waals surface area (Å²) >= 11 is 3.62. The fourth-order valence-electron chi connectivity index (χ4n) is 3.34. The Morgan fingerprint density at radius 3 is 2.63 bits per heavy atom. The Hall–Kier alpha value is -0.340. The molecule has 0 amide bonds. The highest BCUT2D eigenvalue weighted by atomic mass is 79.9. The molecule has 0 heterocycles. The zero-order chi connectivity index (χ0) is 13.5. The van der Waals surface area contributed by atoms with Crippen LogP contribution in [0.4, 0.5) is 0 Å². The van der Waals surface area contributed by atoms with Gasteiger partial charge in [-0.3, -0.25) is 0 Å². The quantitative estimate of drug-likeness (QED) is 0.841. The van der Waals surface area contributed by atoms with Crippen LogP contribution >= 0.6 is 15.9 Å². The maximum absolute atomic E-state index is 3.76. The van der Waals surface area contributed by atoms with Crippen molar-refractivity contribution in [1.29, 1.82) is 0 Å². The third-order valence-electron chi connectivity index (χ3n) is 4.99. The van der Waals surface area contributed by atoms with E-state index in [4.69, 9.17) is 0 Å². The summed E-state index contributed by atoms with van der Waals surface area (Å²) in [5, 5.41) is 3.76. The molecule has 0 bridgehead atoms. The summed E-state index contributed by atoms with van der Waals surface area (Å²) in [6, 6.07) is 9.76. The molecule has 0 atom stereocenters. The van der Waals surface area contributed by atoms with E-state index in [-0.39, 0.29) is 0 Å². The van der Waals surface area contributed by atoms with E-state index in [1.165, 1.54) is 35.7 Å². The Morgan fingerprint density at radius 2 is 2.05 bits per heavy atom. The van der Waals surface area contributed by atoms with Gasteiger partial charge in [-0.1, -0.05) is 41.9 Å². The summed E-state index contributed by atoms with van der Waals surface area (Å²) in [6.45, 7) is 5.89. The van der Waals surface area contributed by atoms with Gasteiger partial charge in [0.05, 0.1) is 0 Å². The van der Waals surface area contributed by atoms with Crippen molar-refractivity contribution in [3.05, 3.63) is 34.3 Å². The molecule has 0 radical (unpaired) electrons. The van der Waals surface area contributed by atoms with Gasteiger partial charge < -0.3 is 5.32 Å². The Bertz CT molecular complexity index is 439. The molecule has 1 aromatic rings. The van der Waals surface area contributed by atoms with Crippen molar-refractivity contribution in [3.8, 4) is 0 Å². The van der Waals surface area contributed by atoms with Crippen LogP contribution in [0.2, 0.25) is 0 Å². The second kappa shape index (κ2) is 5.21. The van der Waals surface area contributed by atoms with Crippen molar-refractivity contribution < 1.29 is 0 Å². The fourth-order valence-corrected chi connectivity index (χ4v) is 3.74. The van der Waals surface area contributed by atoms with Crippen LogP contribution in [0.5, 0.6) is 0 Å². The first-order valence-corrected chi connectivity index (χ1v) is 8.38. The lowest BCUT2D eigenvalue weighted by Crippen LogP contribution is -2.50. The summed E-state index contributed by atoms with van der Waals surface area (Å²) in [5.41, 5.74) is 1.91. The van der Waals surface area contributed by atoms with Gasteiger partial charge in [0, 0.05) is 22.5 Å². The van der Waals surface area contributed by atoms with Crippen LogP contribution in [-0.2, 0) is 5.41 Å². The number of rotatable bonds is 5. The second-order valence-electron chi connectivity index (χ2n) is 6.86. The van der Waals surface area contributed by atoms with Crippen molar-refractivity contribution in [2.75, 3.05) is 6.54 Å². The van der Waals surface area contributed by atoms with Crippen LogP contribution in [0.3, 0.4) is 0 Å². The van der Waals surface area contributed by atoms with E-state index in [0.29, 0.717) is 5.41 Å². The number of nitrogens with one attached hydrogen (secondary N) is 1. The molecule has 1 aromatic carbocycles. The van der Waals surface area contributed by atoms with Gasteiger partial charge in [-0.2, -0.15) is 0 Å². The molecule has 2 saturated carbocycles. The van der Waals surface area contributed by atoms with Gasteiger partial charge in [-0.25, -0.2) is 0 Å². The first kappa shape index (κ1) is 13.6. The summed E-state index contributed by atoms with van der Waals surface area (Å²) in [6.07, 6.45) is 5.45.